The topological polar surface area (TPSA) is 72.6 Å². The fourth-order valence-electron chi connectivity index (χ4n) is 3.91. The van der Waals surface area contributed by atoms with Crippen molar-refractivity contribution in [3.05, 3.63) is 89.7 Å². The number of morpholine rings is 1. The van der Waals surface area contributed by atoms with E-state index in [-0.39, 0.29) is 5.91 Å². The van der Waals surface area contributed by atoms with Crippen molar-refractivity contribution in [3.8, 4) is 0 Å². The lowest BCUT2D eigenvalue weighted by Crippen LogP contribution is -2.40. The van der Waals surface area contributed by atoms with Crippen LogP contribution < -0.4 is 0 Å². The van der Waals surface area contributed by atoms with Gasteiger partial charge < -0.3 is 14.2 Å². The lowest BCUT2D eigenvalue weighted by Gasteiger charge is -2.27. The second-order valence-electron chi connectivity index (χ2n) is 7.65. The molecule has 0 N–H and O–H groups in total. The van der Waals surface area contributed by atoms with Gasteiger partial charge in [0.2, 0.25) is 0 Å². The van der Waals surface area contributed by atoms with Crippen molar-refractivity contribution >= 4 is 28.6 Å². The van der Waals surface area contributed by atoms with Gasteiger partial charge in [-0.2, -0.15) is 0 Å². The summed E-state index contributed by atoms with van der Waals surface area (Å²) in [5, 5.41) is 0. The maximum Gasteiger partial charge on any atom is 0.256 e. The highest BCUT2D eigenvalue weighted by molar-refractivity contribution is 6.14. The van der Waals surface area contributed by atoms with Crippen LogP contribution in [0.5, 0.6) is 0 Å². The first kappa shape index (κ1) is 20.1. The molecular weight excluding hydrogens is 402 g/mol. The van der Waals surface area contributed by atoms with E-state index in [0.717, 1.165) is 16.8 Å². The molecule has 1 aliphatic heterocycles. The molecule has 32 heavy (non-hydrogen) atoms. The van der Waals surface area contributed by atoms with Crippen molar-refractivity contribution in [2.45, 2.75) is 0 Å². The quantitative estimate of drug-likeness (QED) is 0.468. The molecule has 0 radical (unpaired) electrons. The standard InChI is InChI=1S/C25H23N5O2/c1-29-17-26-24-23(29)20(25(31)30-12-14-32-15-13-30)16-21(28-24)27-22(18-8-4-2-5-9-18)19-10-6-3-7-11-19/h2-11,16-17H,12-15H2,1H3. The lowest BCUT2D eigenvalue weighted by atomic mass is 10.0. The van der Waals surface area contributed by atoms with Crippen molar-refractivity contribution < 1.29 is 9.53 Å². The fraction of sp³-hybridized carbons (Fsp3) is 0.200. The summed E-state index contributed by atoms with van der Waals surface area (Å²) < 4.78 is 7.24. The predicted molar refractivity (Wildman–Crippen MR) is 123 cm³/mol. The van der Waals surface area contributed by atoms with Gasteiger partial charge in [0.15, 0.2) is 11.5 Å². The second kappa shape index (κ2) is 8.72. The van der Waals surface area contributed by atoms with Crippen molar-refractivity contribution in [1.82, 2.24) is 19.4 Å². The number of nitrogens with zero attached hydrogens (tertiary/aromatic N) is 5. The summed E-state index contributed by atoms with van der Waals surface area (Å²) in [6.07, 6.45) is 1.68. The Labute approximate surface area is 186 Å². The van der Waals surface area contributed by atoms with Crippen LogP contribution in [0.15, 0.2) is 78.0 Å². The number of hydrogen-bond acceptors (Lipinski definition) is 5. The number of rotatable bonds is 4. The van der Waals surface area contributed by atoms with Gasteiger partial charge in [0.1, 0.15) is 5.52 Å². The number of carbonyl (C=O) groups excluding carboxylic acids is 1. The second-order valence-corrected chi connectivity index (χ2v) is 7.65. The minimum Gasteiger partial charge on any atom is -0.378 e. The molecule has 0 atom stereocenters. The van der Waals surface area contributed by atoms with Gasteiger partial charge in [0, 0.05) is 31.3 Å². The number of benzene rings is 2. The molecule has 2 aromatic heterocycles. The van der Waals surface area contributed by atoms with E-state index in [2.05, 4.69) is 9.97 Å². The van der Waals surface area contributed by atoms with Crippen LogP contribution in [-0.2, 0) is 11.8 Å². The van der Waals surface area contributed by atoms with Crippen LogP contribution >= 0.6 is 0 Å². The van der Waals surface area contributed by atoms with E-state index in [1.807, 2.05) is 77.2 Å². The molecule has 1 saturated heterocycles. The van der Waals surface area contributed by atoms with Crippen molar-refractivity contribution in [3.63, 3.8) is 0 Å². The Morgan fingerprint density at radius 2 is 1.59 bits per heavy atom. The van der Waals surface area contributed by atoms with Gasteiger partial charge >= 0.3 is 0 Å². The molecule has 160 valence electrons. The third-order valence-corrected chi connectivity index (χ3v) is 5.52. The molecule has 5 rings (SSSR count). The number of aliphatic imine (C=N–C) groups is 1. The smallest absolute Gasteiger partial charge is 0.256 e. The number of ether oxygens (including phenoxy) is 1. The summed E-state index contributed by atoms with van der Waals surface area (Å²) in [6, 6.07) is 21.7. The first-order valence-electron chi connectivity index (χ1n) is 10.6. The highest BCUT2D eigenvalue weighted by atomic mass is 16.5. The van der Waals surface area contributed by atoms with Gasteiger partial charge in [0.05, 0.1) is 30.8 Å². The number of pyridine rings is 1. The highest BCUT2D eigenvalue weighted by Gasteiger charge is 2.23. The van der Waals surface area contributed by atoms with E-state index in [1.54, 1.807) is 12.4 Å². The number of carbonyl (C=O) groups is 1. The van der Waals surface area contributed by atoms with Gasteiger partial charge in [-0.1, -0.05) is 60.7 Å². The number of amides is 1. The van der Waals surface area contributed by atoms with E-state index in [1.165, 1.54) is 0 Å². The van der Waals surface area contributed by atoms with E-state index < -0.39 is 0 Å². The molecule has 4 aromatic rings. The van der Waals surface area contributed by atoms with E-state index >= 15 is 0 Å². The molecule has 0 saturated carbocycles. The molecule has 2 aromatic carbocycles. The van der Waals surface area contributed by atoms with Gasteiger partial charge in [-0.3, -0.25) is 4.79 Å². The summed E-state index contributed by atoms with van der Waals surface area (Å²) >= 11 is 0. The molecule has 0 unspecified atom stereocenters. The van der Waals surface area contributed by atoms with Crippen molar-refractivity contribution in [2.75, 3.05) is 26.3 Å². The third kappa shape index (κ3) is 3.90. The first-order valence-corrected chi connectivity index (χ1v) is 10.6. The van der Waals surface area contributed by atoms with Gasteiger partial charge in [0.25, 0.3) is 5.91 Å². The monoisotopic (exact) mass is 425 g/mol. The molecule has 1 fully saturated rings. The van der Waals surface area contributed by atoms with Crippen LogP contribution in [0.2, 0.25) is 0 Å². The van der Waals surface area contributed by atoms with Gasteiger partial charge in [-0.15, -0.1) is 0 Å². The van der Waals surface area contributed by atoms with Crippen LogP contribution in [0, 0.1) is 0 Å². The Morgan fingerprint density at radius 3 is 2.22 bits per heavy atom. The summed E-state index contributed by atoms with van der Waals surface area (Å²) in [4.78, 5) is 29.2. The van der Waals surface area contributed by atoms with E-state index in [0.29, 0.717) is 48.8 Å². The zero-order valence-corrected chi connectivity index (χ0v) is 17.8. The number of fused-ring (bicyclic) bond motifs is 1. The Bertz CT molecular complexity index is 1230. The first-order chi connectivity index (χ1) is 15.7. The maximum absolute atomic E-state index is 13.4. The predicted octanol–water partition coefficient (Wildman–Crippen LogP) is 3.61. The highest BCUT2D eigenvalue weighted by Crippen LogP contribution is 2.25. The number of aromatic nitrogens is 3. The molecular formula is C25H23N5O2. The molecule has 0 aliphatic carbocycles. The Kier molecular flexibility index (Phi) is 5.47. The maximum atomic E-state index is 13.4. The number of imidazole rings is 1. The minimum atomic E-state index is -0.0540. The average molecular weight is 425 g/mol. The van der Waals surface area contributed by atoms with E-state index in [9.17, 15) is 4.79 Å². The van der Waals surface area contributed by atoms with Gasteiger partial charge in [-0.05, 0) is 6.07 Å². The summed E-state index contributed by atoms with van der Waals surface area (Å²) in [6.45, 7) is 2.22. The Hall–Kier alpha value is -3.84. The third-order valence-electron chi connectivity index (χ3n) is 5.52. The normalized spacial score (nSPS) is 13.8. The zero-order valence-electron chi connectivity index (χ0n) is 17.8. The molecule has 1 aliphatic rings. The van der Waals surface area contributed by atoms with Crippen LogP contribution in [0.4, 0.5) is 5.82 Å². The molecule has 1 amide bonds. The van der Waals surface area contributed by atoms with E-state index in [4.69, 9.17) is 9.73 Å². The number of aryl methyl sites for hydroxylation is 1. The van der Waals surface area contributed by atoms with Crippen molar-refractivity contribution in [2.24, 2.45) is 12.0 Å². The largest absolute Gasteiger partial charge is 0.378 e. The van der Waals surface area contributed by atoms with Crippen molar-refractivity contribution in [1.29, 1.82) is 0 Å². The summed E-state index contributed by atoms with van der Waals surface area (Å²) in [7, 11) is 1.87. The lowest BCUT2D eigenvalue weighted by molar-refractivity contribution is 0.0304. The zero-order chi connectivity index (χ0) is 21.9. The van der Waals surface area contributed by atoms with Crippen LogP contribution in [-0.4, -0.2) is 57.4 Å². The summed E-state index contributed by atoms with van der Waals surface area (Å²) in [5.74, 6) is 0.400. The molecule has 7 heteroatoms. The SMILES string of the molecule is Cn1cnc2nc(N=C(c3ccccc3)c3ccccc3)cc(C(=O)N3CCOCC3)c21. The molecule has 0 spiro atoms. The molecule has 0 bridgehead atoms. The van der Waals surface area contributed by atoms with Crippen LogP contribution in [0.25, 0.3) is 11.2 Å². The Balaban J connectivity index is 1.66. The molecule has 3 heterocycles. The fourth-order valence-corrected chi connectivity index (χ4v) is 3.91. The molecule has 7 nitrogen and oxygen atoms in total. The summed E-state index contributed by atoms with van der Waals surface area (Å²) in [5.41, 5.74) is 4.51. The number of hydrogen-bond donors (Lipinski definition) is 0. The average Bonchev–Trinajstić information content (AvgIpc) is 3.24. The van der Waals surface area contributed by atoms with Crippen LogP contribution in [0.3, 0.4) is 0 Å². The van der Waals surface area contributed by atoms with Gasteiger partial charge in [-0.25, -0.2) is 15.0 Å². The Morgan fingerprint density at radius 1 is 0.969 bits per heavy atom. The minimum absolute atomic E-state index is 0.0540. The van der Waals surface area contributed by atoms with Crippen LogP contribution in [0.1, 0.15) is 21.5 Å².